The first-order chi connectivity index (χ1) is 9.58. The second-order valence-electron chi connectivity index (χ2n) is 4.42. The van der Waals surface area contributed by atoms with Gasteiger partial charge in [-0.3, -0.25) is 4.79 Å². The molecule has 2 aromatic rings. The largest absolute Gasteiger partial charge is 0.549 e. The molecule has 0 saturated heterocycles. The van der Waals surface area contributed by atoms with Crippen LogP contribution in [0.2, 0.25) is 5.02 Å². The Kier molecular flexibility index (Phi) is 4.53. The van der Waals surface area contributed by atoms with Crippen LogP contribution in [0.4, 0.5) is 0 Å². The fourth-order valence-electron chi connectivity index (χ4n) is 1.99. The topological polar surface area (TPSA) is 57.2 Å². The molecule has 0 bridgehead atoms. The summed E-state index contributed by atoms with van der Waals surface area (Å²) in [5.74, 6) is -2.52. The van der Waals surface area contributed by atoms with Gasteiger partial charge in [0.05, 0.1) is 0 Å². The van der Waals surface area contributed by atoms with E-state index in [1.165, 1.54) is 0 Å². The smallest absolute Gasteiger partial charge is 0.163 e. The van der Waals surface area contributed by atoms with E-state index in [4.69, 9.17) is 11.6 Å². The van der Waals surface area contributed by atoms with Crippen LogP contribution in [-0.2, 0) is 4.79 Å². The summed E-state index contributed by atoms with van der Waals surface area (Å²) in [6.07, 6.45) is -0.146. The van der Waals surface area contributed by atoms with Crippen LogP contribution >= 0.6 is 11.6 Å². The van der Waals surface area contributed by atoms with Crippen molar-refractivity contribution >= 4 is 23.4 Å². The molecule has 0 amide bonds. The molecular weight excluding hydrogens is 276 g/mol. The number of hydrogen-bond acceptors (Lipinski definition) is 3. The first kappa shape index (κ1) is 14.3. The summed E-state index contributed by atoms with van der Waals surface area (Å²) >= 11 is 5.85. The standard InChI is InChI=1S/C16H13ClO3/c17-13-8-4-7-12(9-13)14(16(19)20)10-15(18)11-5-2-1-3-6-11/h1-9,14H,10H2,(H,19,20)/p-1/t14-/m1/s1. The van der Waals surface area contributed by atoms with Crippen LogP contribution in [-0.4, -0.2) is 11.8 Å². The molecule has 0 heterocycles. The molecule has 20 heavy (non-hydrogen) atoms. The van der Waals surface area contributed by atoms with Crippen LogP contribution in [0.15, 0.2) is 54.6 Å². The highest BCUT2D eigenvalue weighted by Gasteiger charge is 2.18. The number of ketones is 1. The fourth-order valence-corrected chi connectivity index (χ4v) is 2.19. The third-order valence-corrected chi connectivity index (χ3v) is 3.26. The molecular formula is C16H12ClO3-. The molecule has 2 aromatic carbocycles. The van der Waals surface area contributed by atoms with Gasteiger partial charge in [0.1, 0.15) is 0 Å². The van der Waals surface area contributed by atoms with Crippen molar-refractivity contribution in [2.24, 2.45) is 0 Å². The van der Waals surface area contributed by atoms with Gasteiger partial charge in [0.2, 0.25) is 0 Å². The lowest BCUT2D eigenvalue weighted by Gasteiger charge is -2.18. The lowest BCUT2D eigenvalue weighted by molar-refractivity contribution is -0.307. The number of carbonyl (C=O) groups excluding carboxylic acids is 2. The SMILES string of the molecule is O=C(C[C@@H](C(=O)[O-])c1cccc(Cl)c1)c1ccccc1. The van der Waals surface area contributed by atoms with Crippen molar-refractivity contribution < 1.29 is 14.7 Å². The van der Waals surface area contributed by atoms with E-state index in [0.29, 0.717) is 16.1 Å². The van der Waals surface area contributed by atoms with Gasteiger partial charge >= 0.3 is 0 Å². The lowest BCUT2D eigenvalue weighted by Crippen LogP contribution is -2.31. The lowest BCUT2D eigenvalue weighted by atomic mass is 9.92. The fraction of sp³-hybridized carbons (Fsp3) is 0.125. The Bertz CT molecular complexity index is 623. The van der Waals surface area contributed by atoms with Crippen molar-refractivity contribution in [3.8, 4) is 0 Å². The van der Waals surface area contributed by atoms with Crippen LogP contribution in [0.5, 0.6) is 0 Å². The minimum absolute atomic E-state index is 0.146. The van der Waals surface area contributed by atoms with Crippen molar-refractivity contribution in [2.75, 3.05) is 0 Å². The van der Waals surface area contributed by atoms with Crippen molar-refractivity contribution in [3.05, 3.63) is 70.7 Å². The average Bonchev–Trinajstić information content (AvgIpc) is 2.45. The summed E-state index contributed by atoms with van der Waals surface area (Å²) in [4.78, 5) is 23.4. The highest BCUT2D eigenvalue weighted by Crippen LogP contribution is 2.24. The monoisotopic (exact) mass is 287 g/mol. The Hall–Kier alpha value is -2.13. The normalized spacial score (nSPS) is 11.8. The highest BCUT2D eigenvalue weighted by atomic mass is 35.5. The maximum atomic E-state index is 12.1. The maximum absolute atomic E-state index is 12.1. The molecule has 0 unspecified atom stereocenters. The Morgan fingerprint density at radius 2 is 1.75 bits per heavy atom. The molecule has 0 N–H and O–H groups in total. The molecule has 0 aliphatic carbocycles. The van der Waals surface area contributed by atoms with Crippen LogP contribution in [0.1, 0.15) is 28.3 Å². The van der Waals surface area contributed by atoms with Gasteiger partial charge in [-0.15, -0.1) is 0 Å². The Morgan fingerprint density at radius 3 is 2.35 bits per heavy atom. The van der Waals surface area contributed by atoms with Crippen molar-refractivity contribution in [1.29, 1.82) is 0 Å². The van der Waals surface area contributed by atoms with E-state index in [1.807, 2.05) is 0 Å². The quantitative estimate of drug-likeness (QED) is 0.794. The van der Waals surface area contributed by atoms with E-state index in [2.05, 4.69) is 0 Å². The summed E-state index contributed by atoms with van der Waals surface area (Å²) in [5, 5.41) is 11.7. The first-order valence-corrected chi connectivity index (χ1v) is 6.50. The van der Waals surface area contributed by atoms with Gasteiger partial charge in [-0.05, 0) is 17.7 Å². The summed E-state index contributed by atoms with van der Waals surface area (Å²) in [5.41, 5.74) is 0.961. The van der Waals surface area contributed by atoms with E-state index >= 15 is 0 Å². The third-order valence-electron chi connectivity index (χ3n) is 3.02. The number of halogens is 1. The van der Waals surface area contributed by atoms with Gasteiger partial charge < -0.3 is 9.90 Å². The summed E-state index contributed by atoms with van der Waals surface area (Å²) < 4.78 is 0. The second-order valence-corrected chi connectivity index (χ2v) is 4.86. The predicted molar refractivity (Wildman–Crippen MR) is 74.6 cm³/mol. The minimum Gasteiger partial charge on any atom is -0.549 e. The number of aliphatic carboxylic acids is 1. The second kappa shape index (κ2) is 6.35. The zero-order chi connectivity index (χ0) is 14.5. The molecule has 4 heteroatoms. The van der Waals surface area contributed by atoms with Crippen molar-refractivity contribution in [3.63, 3.8) is 0 Å². The number of carboxylic acids is 1. The zero-order valence-corrected chi connectivity index (χ0v) is 11.3. The highest BCUT2D eigenvalue weighted by molar-refractivity contribution is 6.30. The number of carbonyl (C=O) groups is 2. The van der Waals surface area contributed by atoms with Crippen molar-refractivity contribution in [1.82, 2.24) is 0 Å². The summed E-state index contributed by atoms with van der Waals surface area (Å²) in [7, 11) is 0. The third kappa shape index (κ3) is 3.45. The Morgan fingerprint density at radius 1 is 1.05 bits per heavy atom. The number of carboxylic acid groups (broad SMARTS) is 1. The molecule has 102 valence electrons. The molecule has 0 aromatic heterocycles. The number of hydrogen-bond donors (Lipinski definition) is 0. The molecule has 0 fully saturated rings. The first-order valence-electron chi connectivity index (χ1n) is 6.12. The maximum Gasteiger partial charge on any atom is 0.163 e. The Labute approximate surface area is 121 Å². The molecule has 0 spiro atoms. The van der Waals surface area contributed by atoms with E-state index in [-0.39, 0.29) is 12.2 Å². The van der Waals surface area contributed by atoms with Gasteiger partial charge in [0.15, 0.2) is 5.78 Å². The molecule has 3 nitrogen and oxygen atoms in total. The minimum atomic E-state index is -1.28. The molecule has 1 atom stereocenters. The summed E-state index contributed by atoms with van der Waals surface area (Å²) in [6, 6.07) is 15.1. The molecule has 2 rings (SSSR count). The van der Waals surface area contributed by atoms with E-state index in [1.54, 1.807) is 54.6 Å². The van der Waals surface area contributed by atoms with Crippen molar-refractivity contribution in [2.45, 2.75) is 12.3 Å². The predicted octanol–water partition coefficient (Wildman–Crippen LogP) is 2.45. The van der Waals surface area contributed by atoms with Gasteiger partial charge in [-0.2, -0.15) is 0 Å². The average molecular weight is 288 g/mol. The summed E-state index contributed by atoms with van der Waals surface area (Å²) in [6.45, 7) is 0. The Balaban J connectivity index is 2.23. The molecule has 0 aliphatic rings. The van der Waals surface area contributed by atoms with Gasteiger partial charge in [-0.25, -0.2) is 0 Å². The van der Waals surface area contributed by atoms with E-state index in [9.17, 15) is 14.7 Å². The van der Waals surface area contributed by atoms with Gasteiger partial charge in [0, 0.05) is 28.9 Å². The van der Waals surface area contributed by atoms with Crippen LogP contribution in [0.3, 0.4) is 0 Å². The van der Waals surface area contributed by atoms with Gasteiger partial charge in [0.25, 0.3) is 0 Å². The number of Topliss-reactive ketones (excluding diaryl/α,β-unsaturated/α-hetero) is 1. The zero-order valence-electron chi connectivity index (χ0n) is 10.6. The molecule has 0 radical (unpaired) electrons. The number of benzene rings is 2. The van der Waals surface area contributed by atoms with Crippen LogP contribution < -0.4 is 5.11 Å². The van der Waals surface area contributed by atoms with Crippen LogP contribution in [0, 0.1) is 0 Å². The van der Waals surface area contributed by atoms with Crippen LogP contribution in [0.25, 0.3) is 0 Å². The van der Waals surface area contributed by atoms with E-state index < -0.39 is 11.9 Å². The van der Waals surface area contributed by atoms with Gasteiger partial charge in [-0.1, -0.05) is 54.1 Å². The van der Waals surface area contributed by atoms with E-state index in [0.717, 1.165) is 0 Å². The molecule has 0 aliphatic heterocycles. The molecule has 0 saturated carbocycles. The number of rotatable bonds is 5.